The molecular formula is C12H26N2O2S2. The number of nitrogens with zero attached hydrogens (tertiary/aromatic N) is 1. The second-order valence-corrected chi connectivity index (χ2v) is 8.59. The second-order valence-electron chi connectivity index (χ2n) is 4.99. The highest BCUT2D eigenvalue weighted by Crippen LogP contribution is 2.21. The molecule has 1 fully saturated rings. The third kappa shape index (κ3) is 5.07. The van der Waals surface area contributed by atoms with Crippen molar-refractivity contribution in [3.8, 4) is 0 Å². The summed E-state index contributed by atoms with van der Waals surface area (Å²) in [5.41, 5.74) is 5.72. The van der Waals surface area contributed by atoms with E-state index in [-0.39, 0.29) is 17.2 Å². The van der Waals surface area contributed by atoms with Crippen molar-refractivity contribution < 1.29 is 8.42 Å². The molecule has 2 atom stereocenters. The van der Waals surface area contributed by atoms with E-state index in [2.05, 4.69) is 4.90 Å². The lowest BCUT2D eigenvalue weighted by Crippen LogP contribution is -2.48. The first-order chi connectivity index (χ1) is 8.47. The average molecular weight is 294 g/mol. The quantitative estimate of drug-likeness (QED) is 0.717. The zero-order valence-corrected chi connectivity index (χ0v) is 13.1. The predicted octanol–water partition coefficient (Wildman–Crippen LogP) is 1.31. The van der Waals surface area contributed by atoms with Gasteiger partial charge >= 0.3 is 0 Å². The third-order valence-electron chi connectivity index (χ3n) is 3.36. The summed E-state index contributed by atoms with van der Waals surface area (Å²) >= 11 is 1.75. The van der Waals surface area contributed by atoms with E-state index in [1.165, 1.54) is 0 Å². The summed E-state index contributed by atoms with van der Waals surface area (Å²) in [5, 5.41) is -0.267. The molecule has 1 heterocycles. The van der Waals surface area contributed by atoms with E-state index < -0.39 is 9.84 Å². The van der Waals surface area contributed by atoms with Crippen molar-refractivity contribution in [2.75, 3.05) is 30.3 Å². The van der Waals surface area contributed by atoms with Gasteiger partial charge < -0.3 is 5.73 Å². The molecule has 0 radical (unpaired) electrons. The summed E-state index contributed by atoms with van der Waals surface area (Å²) in [7, 11) is -2.94. The van der Waals surface area contributed by atoms with Crippen LogP contribution in [0.3, 0.4) is 0 Å². The van der Waals surface area contributed by atoms with E-state index in [1.807, 2.05) is 6.92 Å². The van der Waals surface area contributed by atoms with Gasteiger partial charge in [-0.25, -0.2) is 8.42 Å². The van der Waals surface area contributed by atoms with Gasteiger partial charge in [-0.15, -0.1) is 0 Å². The lowest BCUT2D eigenvalue weighted by atomic mass is 10.1. The minimum absolute atomic E-state index is 0.245. The van der Waals surface area contributed by atoms with Gasteiger partial charge in [0.15, 0.2) is 9.84 Å². The molecule has 4 nitrogen and oxygen atoms in total. The fourth-order valence-electron chi connectivity index (χ4n) is 2.18. The average Bonchev–Trinajstić information content (AvgIpc) is 2.35. The highest BCUT2D eigenvalue weighted by Gasteiger charge is 2.32. The van der Waals surface area contributed by atoms with E-state index in [4.69, 9.17) is 5.73 Å². The monoisotopic (exact) mass is 294 g/mol. The zero-order chi connectivity index (χ0) is 13.6. The number of unbranched alkanes of at least 4 members (excludes halogenated alkanes) is 1. The Morgan fingerprint density at radius 3 is 2.78 bits per heavy atom. The number of rotatable bonds is 7. The first kappa shape index (κ1) is 16.3. The zero-order valence-electron chi connectivity index (χ0n) is 11.5. The topological polar surface area (TPSA) is 63.4 Å². The molecule has 2 N–H and O–H groups in total. The van der Waals surface area contributed by atoms with Gasteiger partial charge in [0.25, 0.3) is 0 Å². The van der Waals surface area contributed by atoms with Crippen LogP contribution in [0.5, 0.6) is 0 Å². The van der Waals surface area contributed by atoms with Crippen molar-refractivity contribution >= 4 is 21.6 Å². The maximum Gasteiger partial charge on any atom is 0.166 e. The van der Waals surface area contributed by atoms with E-state index in [0.29, 0.717) is 0 Å². The molecule has 108 valence electrons. The Kier molecular flexibility index (Phi) is 6.98. The molecule has 0 aliphatic carbocycles. The molecule has 0 aromatic rings. The van der Waals surface area contributed by atoms with E-state index in [9.17, 15) is 8.42 Å². The Hall–Kier alpha value is 0.220. The number of hydrogen-bond donors (Lipinski definition) is 1. The van der Waals surface area contributed by atoms with Crippen molar-refractivity contribution in [3.05, 3.63) is 0 Å². The predicted molar refractivity (Wildman–Crippen MR) is 79.6 cm³/mol. The molecule has 18 heavy (non-hydrogen) atoms. The van der Waals surface area contributed by atoms with Gasteiger partial charge in [-0.05, 0) is 26.3 Å². The van der Waals surface area contributed by atoms with Gasteiger partial charge in [0.05, 0.1) is 0 Å². The second kappa shape index (κ2) is 7.72. The number of thioether (sulfide) groups is 1. The Morgan fingerprint density at radius 2 is 2.17 bits per heavy atom. The molecule has 0 amide bonds. The van der Waals surface area contributed by atoms with E-state index >= 15 is 0 Å². The van der Waals surface area contributed by atoms with Crippen LogP contribution in [0.4, 0.5) is 0 Å². The molecule has 0 bridgehead atoms. The summed E-state index contributed by atoms with van der Waals surface area (Å²) in [6.45, 7) is 5.54. The smallest absolute Gasteiger partial charge is 0.166 e. The van der Waals surface area contributed by atoms with Crippen molar-refractivity contribution in [1.82, 2.24) is 4.90 Å². The van der Waals surface area contributed by atoms with Crippen LogP contribution in [-0.2, 0) is 9.84 Å². The highest BCUT2D eigenvalue weighted by molar-refractivity contribution is 8.01. The van der Waals surface area contributed by atoms with Crippen molar-refractivity contribution in [2.45, 2.75) is 44.5 Å². The molecular weight excluding hydrogens is 268 g/mol. The Bertz CT molecular complexity index is 331. The van der Waals surface area contributed by atoms with Crippen LogP contribution in [0.15, 0.2) is 0 Å². The number of hydrogen-bond acceptors (Lipinski definition) is 5. The lowest BCUT2D eigenvalue weighted by Gasteiger charge is -2.34. The van der Waals surface area contributed by atoms with Crippen LogP contribution in [0, 0.1) is 0 Å². The highest BCUT2D eigenvalue weighted by atomic mass is 32.2. The Labute approximate surface area is 116 Å². The Morgan fingerprint density at radius 1 is 1.44 bits per heavy atom. The van der Waals surface area contributed by atoms with Crippen LogP contribution in [0.2, 0.25) is 0 Å². The van der Waals surface area contributed by atoms with Crippen LogP contribution in [0.25, 0.3) is 0 Å². The third-order valence-corrected chi connectivity index (χ3v) is 6.69. The molecule has 2 unspecified atom stereocenters. The van der Waals surface area contributed by atoms with Crippen molar-refractivity contribution in [3.63, 3.8) is 0 Å². The summed E-state index contributed by atoms with van der Waals surface area (Å²) in [6.07, 6.45) is 3.15. The molecule has 1 rings (SSSR count). The summed E-state index contributed by atoms with van der Waals surface area (Å²) in [6, 6.07) is 0.247. The van der Waals surface area contributed by atoms with Gasteiger partial charge in [-0.2, -0.15) is 11.8 Å². The fraction of sp³-hybridized carbons (Fsp3) is 1.00. The summed E-state index contributed by atoms with van der Waals surface area (Å²) in [4.78, 5) is 2.15. The summed E-state index contributed by atoms with van der Waals surface area (Å²) in [5.74, 6) is 2.01. The molecule has 0 aromatic heterocycles. The molecule has 0 aromatic carbocycles. The summed E-state index contributed by atoms with van der Waals surface area (Å²) < 4.78 is 24.1. The largest absolute Gasteiger partial charge is 0.328 e. The molecule has 0 saturated carbocycles. The number of nitrogens with two attached hydrogens (primary N) is 1. The molecule has 1 saturated heterocycles. The van der Waals surface area contributed by atoms with Crippen LogP contribution in [0.1, 0.15) is 33.1 Å². The van der Waals surface area contributed by atoms with Gasteiger partial charge in [-0.3, -0.25) is 4.90 Å². The van der Waals surface area contributed by atoms with Crippen LogP contribution in [-0.4, -0.2) is 55.1 Å². The van der Waals surface area contributed by atoms with Gasteiger partial charge in [-0.1, -0.05) is 13.3 Å². The SMILES string of the molecule is CCS(=O)(=O)C1CSCCN1CCCCC(C)N. The van der Waals surface area contributed by atoms with Crippen LogP contribution < -0.4 is 5.73 Å². The molecule has 0 spiro atoms. The van der Waals surface area contributed by atoms with Gasteiger partial charge in [0, 0.05) is 29.8 Å². The maximum absolute atomic E-state index is 12.0. The lowest BCUT2D eigenvalue weighted by molar-refractivity contribution is 0.263. The van der Waals surface area contributed by atoms with Crippen molar-refractivity contribution in [1.29, 1.82) is 0 Å². The minimum atomic E-state index is -2.94. The van der Waals surface area contributed by atoms with Crippen molar-refractivity contribution in [2.24, 2.45) is 5.73 Å². The molecule has 1 aliphatic rings. The standard InChI is InChI=1S/C12H26N2O2S2/c1-3-18(15,16)12-10-17-9-8-14(12)7-5-4-6-11(2)13/h11-12H,3-10,13H2,1-2H3. The molecule has 6 heteroatoms. The first-order valence-corrected chi connectivity index (χ1v) is 9.63. The fourth-order valence-corrected chi connectivity index (χ4v) is 5.29. The minimum Gasteiger partial charge on any atom is -0.328 e. The normalized spacial score (nSPS) is 24.1. The van der Waals surface area contributed by atoms with Gasteiger partial charge in [0.1, 0.15) is 5.37 Å². The van der Waals surface area contributed by atoms with E-state index in [1.54, 1.807) is 18.7 Å². The Balaban J connectivity index is 2.45. The van der Waals surface area contributed by atoms with Crippen LogP contribution >= 0.6 is 11.8 Å². The first-order valence-electron chi connectivity index (χ1n) is 6.76. The maximum atomic E-state index is 12.0. The number of sulfone groups is 1. The molecule has 1 aliphatic heterocycles. The van der Waals surface area contributed by atoms with E-state index in [0.717, 1.165) is 43.9 Å². The van der Waals surface area contributed by atoms with Gasteiger partial charge in [0.2, 0.25) is 0 Å².